The number of primary amides is 1. The molecule has 1 aromatic carbocycles. The van der Waals surface area contributed by atoms with Crippen LogP contribution in [0.4, 0.5) is 0 Å². The first-order valence-electron chi connectivity index (χ1n) is 11.5. The number of hydrogen-bond acceptors (Lipinski definition) is 10. The van der Waals surface area contributed by atoms with E-state index in [-0.39, 0.29) is 42.1 Å². The van der Waals surface area contributed by atoms with E-state index in [9.17, 15) is 34.5 Å². The Hall–Kier alpha value is -3.70. The summed E-state index contributed by atoms with van der Waals surface area (Å²) in [6.45, 7) is 1.10. The lowest BCUT2D eigenvalue weighted by Gasteiger charge is -2.50. The maximum Gasteiger partial charge on any atom is 0.344 e. The second-order valence-electron chi connectivity index (χ2n) is 9.35. The van der Waals surface area contributed by atoms with Crippen LogP contribution in [0.1, 0.15) is 29.3 Å². The van der Waals surface area contributed by atoms with E-state index < -0.39 is 64.9 Å². The molecule has 1 amide bonds. The lowest BCUT2D eigenvalue weighted by Crippen LogP contribution is -2.64. The number of hydrogen-bond donors (Lipinski definition) is 4. The Morgan fingerprint density at radius 3 is 2.53 bits per heavy atom. The Bertz CT molecular complexity index is 1230. The van der Waals surface area contributed by atoms with Gasteiger partial charge in [-0.15, -0.1) is 0 Å². The van der Waals surface area contributed by atoms with E-state index >= 15 is 0 Å². The van der Waals surface area contributed by atoms with Crippen molar-refractivity contribution in [2.45, 2.75) is 31.4 Å². The average molecular weight is 501 g/mol. The van der Waals surface area contributed by atoms with Crippen LogP contribution in [0, 0.1) is 11.8 Å². The van der Waals surface area contributed by atoms with Crippen LogP contribution in [0.15, 0.2) is 40.9 Å². The number of aromatic hydroxyl groups is 1. The summed E-state index contributed by atoms with van der Waals surface area (Å²) >= 11 is 0. The van der Waals surface area contributed by atoms with Crippen LogP contribution in [0.3, 0.4) is 0 Å². The van der Waals surface area contributed by atoms with Crippen LogP contribution < -0.4 is 5.73 Å². The molecule has 192 valence electrons. The zero-order valence-electron chi connectivity index (χ0n) is 20.1. The number of aliphatic hydroxyl groups excluding tert-OH is 1. The minimum Gasteiger partial charge on any atom is -0.508 e. The van der Waals surface area contributed by atoms with Crippen LogP contribution in [-0.4, -0.2) is 82.6 Å². The second kappa shape index (κ2) is 9.07. The average Bonchev–Trinajstić information content (AvgIpc) is 2.79. The highest BCUT2D eigenvalue weighted by atomic mass is 16.6. The Morgan fingerprint density at radius 2 is 1.92 bits per heavy atom. The molecule has 1 aromatic rings. The molecule has 0 saturated carbocycles. The summed E-state index contributed by atoms with van der Waals surface area (Å²) in [6, 6.07) is 3.67. The van der Waals surface area contributed by atoms with Gasteiger partial charge in [0.1, 0.15) is 22.8 Å². The third-order valence-corrected chi connectivity index (χ3v) is 7.09. The van der Waals surface area contributed by atoms with Gasteiger partial charge < -0.3 is 30.5 Å². The number of nitrogens with two attached hydrogens (primary N) is 1. The number of rotatable bonds is 6. The van der Waals surface area contributed by atoms with Crippen LogP contribution in [0.5, 0.6) is 5.75 Å². The Balaban J connectivity index is 1.89. The molecule has 4 atom stereocenters. The quantitative estimate of drug-likeness (QED) is 0.310. The molecule has 0 saturated heterocycles. The summed E-state index contributed by atoms with van der Waals surface area (Å²) in [5, 5.41) is 33.3. The predicted octanol–water partition coefficient (Wildman–Crippen LogP) is 0.142. The fourth-order valence-corrected chi connectivity index (χ4v) is 5.66. The van der Waals surface area contributed by atoms with Gasteiger partial charge in [-0.1, -0.05) is 12.1 Å². The van der Waals surface area contributed by atoms with Crippen LogP contribution in [0.2, 0.25) is 0 Å². The van der Waals surface area contributed by atoms with E-state index in [0.29, 0.717) is 5.56 Å². The van der Waals surface area contributed by atoms with Crippen molar-refractivity contribution >= 4 is 23.4 Å². The fourth-order valence-electron chi connectivity index (χ4n) is 5.66. The molecular formula is C25H28N2O9. The third-order valence-electron chi connectivity index (χ3n) is 7.09. The SMILES string of the molecule is CCOC(=O)COC1=C(C(N)=O)C(=O)[C@@]2(O)C(O)=C3C(=O)c4c(O)cccc4C[C@H]3C[C@H]2[C@@H]1N(C)C. The number of likely N-dealkylation sites (N-methyl/N-ethyl adjacent to an activating group) is 1. The van der Waals surface area contributed by atoms with Crippen LogP contribution in [0.25, 0.3) is 0 Å². The van der Waals surface area contributed by atoms with E-state index in [1.54, 1.807) is 38.1 Å². The van der Waals surface area contributed by atoms with E-state index in [4.69, 9.17) is 15.2 Å². The molecule has 0 radical (unpaired) electrons. The van der Waals surface area contributed by atoms with Gasteiger partial charge in [-0.05, 0) is 51.4 Å². The van der Waals surface area contributed by atoms with Gasteiger partial charge in [0.2, 0.25) is 5.78 Å². The van der Waals surface area contributed by atoms with Crippen molar-refractivity contribution in [1.82, 2.24) is 4.90 Å². The number of phenols is 1. The summed E-state index contributed by atoms with van der Waals surface area (Å²) in [4.78, 5) is 52.9. The Kier molecular flexibility index (Phi) is 6.40. The molecule has 3 aliphatic rings. The smallest absolute Gasteiger partial charge is 0.344 e. The van der Waals surface area contributed by atoms with E-state index in [0.717, 1.165) is 0 Å². The largest absolute Gasteiger partial charge is 0.508 e. The summed E-state index contributed by atoms with van der Waals surface area (Å²) in [7, 11) is 3.23. The van der Waals surface area contributed by atoms with Crippen molar-refractivity contribution < 1.29 is 44.0 Å². The van der Waals surface area contributed by atoms with Gasteiger partial charge in [-0.3, -0.25) is 19.3 Å². The molecule has 0 aliphatic heterocycles. The van der Waals surface area contributed by atoms with Crippen molar-refractivity contribution in [3.63, 3.8) is 0 Å². The number of allylic oxidation sites excluding steroid dienone is 1. The predicted molar refractivity (Wildman–Crippen MR) is 124 cm³/mol. The number of amides is 1. The zero-order valence-corrected chi connectivity index (χ0v) is 20.1. The number of carbonyl (C=O) groups excluding carboxylic acids is 4. The maximum absolute atomic E-state index is 13.6. The lowest BCUT2D eigenvalue weighted by atomic mass is 9.58. The number of esters is 1. The highest BCUT2D eigenvalue weighted by Gasteiger charge is 2.63. The molecule has 0 heterocycles. The molecule has 0 fully saturated rings. The monoisotopic (exact) mass is 500 g/mol. The molecule has 0 aromatic heterocycles. The number of carbonyl (C=O) groups is 4. The summed E-state index contributed by atoms with van der Waals surface area (Å²) in [5.41, 5.74) is 2.51. The van der Waals surface area contributed by atoms with Crippen molar-refractivity contribution in [1.29, 1.82) is 0 Å². The Labute approximate surface area is 206 Å². The van der Waals surface area contributed by atoms with E-state index in [2.05, 4.69) is 0 Å². The van der Waals surface area contributed by atoms with Crippen LogP contribution in [-0.2, 0) is 30.3 Å². The molecular weight excluding hydrogens is 472 g/mol. The van der Waals surface area contributed by atoms with E-state index in [1.807, 2.05) is 0 Å². The molecule has 0 unspecified atom stereocenters. The molecule has 0 spiro atoms. The summed E-state index contributed by atoms with van der Waals surface area (Å²) < 4.78 is 10.5. The van der Waals surface area contributed by atoms with E-state index in [1.165, 1.54) is 6.07 Å². The lowest BCUT2D eigenvalue weighted by molar-refractivity contribution is -0.153. The zero-order chi connectivity index (χ0) is 26.5. The number of ketones is 2. The van der Waals surface area contributed by atoms with Crippen LogP contribution >= 0.6 is 0 Å². The van der Waals surface area contributed by atoms with Crippen molar-refractivity contribution in [3.8, 4) is 5.75 Å². The number of phenolic OH excluding ortho intramolecular Hbond substituents is 1. The standard InChI is InChI=1S/C25H28N2O9/c1-4-35-15(29)10-36-21-18(24(26)33)23(32)25(34)13(19(21)27(2)3)9-12-8-11-6-5-7-14(28)16(11)20(30)17(12)22(25)31/h5-7,12-13,19,28,31,34H,4,8-10H2,1-3H3,(H2,26,33)/t12-,13-,19-,25-/m0/s1. The minimum atomic E-state index is -2.65. The highest BCUT2D eigenvalue weighted by molar-refractivity contribution is 6.24. The van der Waals surface area contributed by atoms with Gasteiger partial charge >= 0.3 is 5.97 Å². The molecule has 11 heteroatoms. The molecule has 11 nitrogen and oxygen atoms in total. The number of fused-ring (bicyclic) bond motifs is 3. The number of benzene rings is 1. The maximum atomic E-state index is 13.6. The molecule has 3 aliphatic carbocycles. The minimum absolute atomic E-state index is 0.00565. The van der Waals surface area contributed by atoms with Gasteiger partial charge in [0.25, 0.3) is 5.91 Å². The van der Waals surface area contributed by atoms with Gasteiger partial charge in [-0.25, -0.2) is 4.79 Å². The topological polar surface area (TPSA) is 177 Å². The van der Waals surface area contributed by atoms with Gasteiger partial charge in [0, 0.05) is 11.5 Å². The second-order valence-corrected chi connectivity index (χ2v) is 9.35. The number of aliphatic hydroxyl groups is 2. The molecule has 0 bridgehead atoms. The summed E-state index contributed by atoms with van der Waals surface area (Å²) in [6.07, 6.45) is 0.324. The van der Waals surface area contributed by atoms with Gasteiger partial charge in [0.05, 0.1) is 18.2 Å². The van der Waals surface area contributed by atoms with Crippen molar-refractivity contribution in [2.75, 3.05) is 27.3 Å². The highest BCUT2D eigenvalue weighted by Crippen LogP contribution is 2.52. The van der Waals surface area contributed by atoms with Crippen molar-refractivity contribution in [3.05, 3.63) is 52.0 Å². The summed E-state index contributed by atoms with van der Waals surface area (Å²) in [5.74, 6) is -6.89. The number of Topliss-reactive ketones (excluding diaryl/α,β-unsaturated/α-hetero) is 2. The molecule has 5 N–H and O–H groups in total. The van der Waals surface area contributed by atoms with Gasteiger partial charge in [-0.2, -0.15) is 0 Å². The normalized spacial score (nSPS) is 27.4. The number of nitrogens with zero attached hydrogens (tertiary/aromatic N) is 1. The van der Waals surface area contributed by atoms with Gasteiger partial charge in [0.15, 0.2) is 18.0 Å². The van der Waals surface area contributed by atoms with Crippen molar-refractivity contribution in [2.24, 2.45) is 17.6 Å². The Morgan fingerprint density at radius 1 is 1.22 bits per heavy atom. The first-order chi connectivity index (χ1) is 16.9. The molecule has 36 heavy (non-hydrogen) atoms. The fraction of sp³-hybridized carbons (Fsp3) is 0.440. The first kappa shape index (κ1) is 25.4. The third kappa shape index (κ3) is 3.66. The molecule has 4 rings (SSSR count). The first-order valence-corrected chi connectivity index (χ1v) is 11.5. The number of ether oxygens (including phenoxy) is 2.